The van der Waals surface area contributed by atoms with Gasteiger partial charge in [0, 0.05) is 36.2 Å². The van der Waals surface area contributed by atoms with Crippen LogP contribution in [0.4, 0.5) is 0 Å². The summed E-state index contributed by atoms with van der Waals surface area (Å²) in [5.74, 6) is 0. The maximum Gasteiger partial charge on any atom is 0.173 e. The highest BCUT2D eigenvalue weighted by Gasteiger charge is 2.06. The van der Waals surface area contributed by atoms with Crippen LogP contribution in [-0.2, 0) is 13.1 Å². The van der Waals surface area contributed by atoms with Gasteiger partial charge in [-0.15, -0.1) is 0 Å². The molecule has 0 N–H and O–H groups in total. The van der Waals surface area contributed by atoms with Crippen molar-refractivity contribution in [3.63, 3.8) is 0 Å². The molecule has 2 heterocycles. The fraction of sp³-hybridized carbons (Fsp3) is 0.543. The van der Waals surface area contributed by atoms with Gasteiger partial charge in [-0.3, -0.25) is 0 Å². The molecular weight excluding hydrogens is 608 g/mol. The van der Waals surface area contributed by atoms with Crippen LogP contribution in [0.5, 0.6) is 0 Å². The fourth-order valence-electron chi connectivity index (χ4n) is 5.19. The minimum Gasteiger partial charge on any atom is -1.00 e. The molecule has 0 saturated heterocycles. The van der Waals surface area contributed by atoms with Crippen molar-refractivity contribution < 1.29 is 43.1 Å². The van der Waals surface area contributed by atoms with Gasteiger partial charge in [-0.05, 0) is 17.5 Å². The first kappa shape index (κ1) is 35.5. The summed E-state index contributed by atoms with van der Waals surface area (Å²) < 4.78 is 4.57. The predicted molar refractivity (Wildman–Crippen MR) is 157 cm³/mol. The number of hydrogen-bond acceptors (Lipinski definition) is 0. The Hall–Kier alpha value is -1.52. The van der Waals surface area contributed by atoms with Gasteiger partial charge in [-0.25, -0.2) is 9.13 Å². The molecule has 2 aromatic heterocycles. The third-order valence-corrected chi connectivity index (χ3v) is 7.59. The van der Waals surface area contributed by atoms with Crippen molar-refractivity contribution in [3.8, 4) is 11.1 Å². The average Bonchev–Trinajstić information content (AvgIpc) is 2.94. The maximum absolute atomic E-state index is 2.34. The highest BCUT2D eigenvalue weighted by Crippen LogP contribution is 2.16. The molecule has 0 atom stereocenters. The number of hydrogen-bond donors (Lipinski definition) is 0. The third kappa shape index (κ3) is 15.7. The monoisotopic (exact) mass is 658 g/mol. The molecule has 0 fully saturated rings. The van der Waals surface area contributed by atoms with E-state index in [0.29, 0.717) is 0 Å². The largest absolute Gasteiger partial charge is 1.00 e. The molecule has 0 spiro atoms. The highest BCUT2D eigenvalue weighted by molar-refractivity contribution is 5.60. The SMILES string of the molecule is CCCCCCCCCCCCCCCCCC[n+]1ccc(-c2cc[n+](Cc3ccccc3)cc2)cc1.[Br-].[Br-]. The maximum atomic E-state index is 2.34. The summed E-state index contributed by atoms with van der Waals surface area (Å²) in [5.41, 5.74) is 3.89. The number of pyridine rings is 2. The lowest BCUT2D eigenvalue weighted by molar-refractivity contribution is -0.697. The van der Waals surface area contributed by atoms with Crippen LogP contribution >= 0.6 is 0 Å². The van der Waals surface area contributed by atoms with E-state index >= 15 is 0 Å². The van der Waals surface area contributed by atoms with Gasteiger partial charge in [-0.1, -0.05) is 127 Å². The topological polar surface area (TPSA) is 7.76 Å². The van der Waals surface area contributed by atoms with E-state index in [1.54, 1.807) is 0 Å². The Labute approximate surface area is 260 Å². The minimum absolute atomic E-state index is 0. The van der Waals surface area contributed by atoms with Gasteiger partial charge in [0.15, 0.2) is 31.3 Å². The van der Waals surface area contributed by atoms with Gasteiger partial charge < -0.3 is 34.0 Å². The van der Waals surface area contributed by atoms with E-state index in [1.807, 2.05) is 0 Å². The summed E-state index contributed by atoms with van der Waals surface area (Å²) in [7, 11) is 0. The summed E-state index contributed by atoms with van der Waals surface area (Å²) in [5, 5.41) is 0. The molecule has 0 aliphatic rings. The first-order chi connectivity index (χ1) is 18.3. The average molecular weight is 661 g/mol. The Kier molecular flexibility index (Phi) is 21.1. The van der Waals surface area contributed by atoms with Crippen LogP contribution in [-0.4, -0.2) is 0 Å². The lowest BCUT2D eigenvalue weighted by Gasteiger charge is -2.04. The molecule has 0 aliphatic heterocycles. The van der Waals surface area contributed by atoms with Crippen molar-refractivity contribution >= 4 is 0 Å². The molecule has 39 heavy (non-hydrogen) atoms. The van der Waals surface area contributed by atoms with Crippen molar-refractivity contribution in [1.29, 1.82) is 0 Å². The summed E-state index contributed by atoms with van der Waals surface area (Å²) in [6.07, 6.45) is 31.6. The van der Waals surface area contributed by atoms with Crippen molar-refractivity contribution in [2.45, 2.75) is 123 Å². The van der Waals surface area contributed by atoms with E-state index in [4.69, 9.17) is 0 Å². The van der Waals surface area contributed by atoms with Gasteiger partial charge in [0.25, 0.3) is 0 Å². The number of halogens is 2. The van der Waals surface area contributed by atoms with E-state index in [1.165, 1.54) is 119 Å². The van der Waals surface area contributed by atoms with E-state index < -0.39 is 0 Å². The van der Waals surface area contributed by atoms with Gasteiger partial charge >= 0.3 is 0 Å². The first-order valence-corrected chi connectivity index (χ1v) is 15.4. The lowest BCUT2D eigenvalue weighted by Crippen LogP contribution is -3.00. The number of aryl methyl sites for hydroxylation is 1. The highest BCUT2D eigenvalue weighted by atomic mass is 79.9. The third-order valence-electron chi connectivity index (χ3n) is 7.59. The molecule has 0 bridgehead atoms. The standard InChI is InChI=1S/C35H52N2.2BrH/c1-2-3-4-5-6-7-8-9-10-11-12-13-14-15-16-20-27-36-28-23-34(24-29-36)35-25-30-37(31-26-35)32-33-21-18-17-19-22-33;;/h17-19,21-26,28-31H,2-16,20,27,32H2,1H3;2*1H/q+2;;/p-2. The normalized spacial score (nSPS) is 10.6. The Bertz CT molecular complexity index is 943. The smallest absolute Gasteiger partial charge is 0.173 e. The van der Waals surface area contributed by atoms with Gasteiger partial charge in [0.2, 0.25) is 0 Å². The van der Waals surface area contributed by atoms with Gasteiger partial charge in [0.05, 0.1) is 0 Å². The second-order valence-electron chi connectivity index (χ2n) is 10.9. The molecule has 0 aliphatic carbocycles. The Balaban J connectivity index is 0.00000380. The molecule has 4 heteroatoms. The molecule has 0 saturated carbocycles. The molecule has 3 aromatic rings. The number of unbranched alkanes of at least 4 members (excludes halogenated alkanes) is 15. The molecule has 0 unspecified atom stereocenters. The molecule has 216 valence electrons. The Morgan fingerprint density at radius 2 is 0.821 bits per heavy atom. The van der Waals surface area contributed by atoms with E-state index in [9.17, 15) is 0 Å². The van der Waals surface area contributed by atoms with E-state index in [0.717, 1.165) is 13.1 Å². The lowest BCUT2D eigenvalue weighted by atomic mass is 10.0. The zero-order valence-corrected chi connectivity index (χ0v) is 27.6. The molecule has 2 nitrogen and oxygen atoms in total. The Morgan fingerprint density at radius 1 is 0.436 bits per heavy atom. The molecule has 3 rings (SSSR count). The molecule has 0 radical (unpaired) electrons. The van der Waals surface area contributed by atoms with Gasteiger partial charge in [0.1, 0.15) is 6.54 Å². The first-order valence-electron chi connectivity index (χ1n) is 15.4. The van der Waals surface area contributed by atoms with Crippen LogP contribution in [0.2, 0.25) is 0 Å². The zero-order chi connectivity index (χ0) is 25.8. The van der Waals surface area contributed by atoms with Crippen molar-refractivity contribution in [1.82, 2.24) is 0 Å². The van der Waals surface area contributed by atoms with Crippen LogP contribution in [0.1, 0.15) is 115 Å². The van der Waals surface area contributed by atoms with E-state index in [2.05, 4.69) is 95.4 Å². The van der Waals surface area contributed by atoms with E-state index in [-0.39, 0.29) is 34.0 Å². The van der Waals surface area contributed by atoms with Crippen molar-refractivity contribution in [2.75, 3.05) is 0 Å². The summed E-state index contributed by atoms with van der Waals surface area (Å²) in [6.45, 7) is 4.34. The quantitative estimate of drug-likeness (QED) is 0.130. The van der Waals surface area contributed by atoms with Gasteiger partial charge in [-0.2, -0.15) is 0 Å². The predicted octanol–water partition coefficient (Wildman–Crippen LogP) is 3.25. The molecule has 0 amide bonds. The van der Waals surface area contributed by atoms with Crippen LogP contribution in [0, 0.1) is 0 Å². The fourth-order valence-corrected chi connectivity index (χ4v) is 5.19. The summed E-state index contributed by atoms with van der Waals surface area (Å²) in [4.78, 5) is 0. The van der Waals surface area contributed by atoms with Crippen LogP contribution in [0.15, 0.2) is 79.4 Å². The zero-order valence-electron chi connectivity index (χ0n) is 24.4. The minimum atomic E-state index is 0. The molecular formula is C35H52Br2N2. The van der Waals surface area contributed by atoms with Crippen LogP contribution < -0.4 is 43.1 Å². The summed E-state index contributed by atoms with van der Waals surface area (Å²) in [6, 6.07) is 19.6. The van der Waals surface area contributed by atoms with Crippen LogP contribution in [0.3, 0.4) is 0 Å². The van der Waals surface area contributed by atoms with Crippen molar-refractivity contribution in [2.24, 2.45) is 0 Å². The number of nitrogens with zero attached hydrogens (tertiary/aromatic N) is 2. The summed E-state index contributed by atoms with van der Waals surface area (Å²) >= 11 is 0. The number of aromatic nitrogens is 2. The van der Waals surface area contributed by atoms with Crippen molar-refractivity contribution in [3.05, 3.63) is 84.9 Å². The number of rotatable bonds is 20. The number of benzene rings is 1. The second kappa shape index (κ2) is 23.2. The molecule has 1 aromatic carbocycles. The second-order valence-corrected chi connectivity index (χ2v) is 10.9. The Morgan fingerprint density at radius 3 is 1.26 bits per heavy atom. The van der Waals surface area contributed by atoms with Crippen LogP contribution in [0.25, 0.3) is 11.1 Å².